The van der Waals surface area contributed by atoms with Crippen LogP contribution in [0.25, 0.3) is 0 Å². The summed E-state index contributed by atoms with van der Waals surface area (Å²) in [4.78, 5) is 0. The molecule has 0 bridgehead atoms. The first-order valence-corrected chi connectivity index (χ1v) is 7.17. The Balaban J connectivity index is 1.69. The first kappa shape index (κ1) is 14.0. The molecule has 1 nitrogen and oxygen atoms in total. The minimum atomic E-state index is 0.808. The van der Waals surface area contributed by atoms with E-state index < -0.39 is 0 Å². The zero-order chi connectivity index (χ0) is 13.5. The molecule has 0 amide bonds. The van der Waals surface area contributed by atoms with E-state index in [4.69, 9.17) is 11.6 Å². The van der Waals surface area contributed by atoms with Gasteiger partial charge in [0.05, 0.1) is 10.7 Å². The first-order chi connectivity index (χ1) is 9.25. The quantitative estimate of drug-likeness (QED) is 0.724. The van der Waals surface area contributed by atoms with Crippen molar-refractivity contribution in [3.8, 4) is 0 Å². The second kappa shape index (κ2) is 7.20. The van der Waals surface area contributed by atoms with Gasteiger partial charge < -0.3 is 5.32 Å². The molecule has 2 heteroatoms. The topological polar surface area (TPSA) is 12.0 Å². The van der Waals surface area contributed by atoms with Crippen molar-refractivity contribution in [3.05, 3.63) is 64.7 Å². The molecule has 0 saturated carbocycles. The first-order valence-electron chi connectivity index (χ1n) is 6.79. The molecule has 2 rings (SSSR count). The smallest absolute Gasteiger partial charge is 0.0640 e. The molecule has 0 aromatic heterocycles. The third-order valence-corrected chi connectivity index (χ3v) is 3.49. The highest BCUT2D eigenvalue weighted by atomic mass is 35.5. The van der Waals surface area contributed by atoms with Crippen LogP contribution < -0.4 is 5.32 Å². The number of hydrogen-bond donors (Lipinski definition) is 1. The van der Waals surface area contributed by atoms with Gasteiger partial charge in [0.1, 0.15) is 0 Å². The standard InChI is InChI=1S/C17H20ClN/c1-14-10-11-17(16(18)13-14)19-12-6-5-9-15-7-3-2-4-8-15/h2-4,7-8,10-11,13,19H,5-6,9,12H2,1H3. The van der Waals surface area contributed by atoms with Gasteiger partial charge in [0.25, 0.3) is 0 Å². The van der Waals surface area contributed by atoms with Gasteiger partial charge in [0, 0.05) is 6.54 Å². The molecule has 0 heterocycles. The van der Waals surface area contributed by atoms with Crippen LogP contribution in [0.2, 0.25) is 5.02 Å². The van der Waals surface area contributed by atoms with Crippen LogP contribution in [0.15, 0.2) is 48.5 Å². The Hall–Kier alpha value is -1.47. The van der Waals surface area contributed by atoms with Crippen LogP contribution >= 0.6 is 11.6 Å². The maximum Gasteiger partial charge on any atom is 0.0640 e. The maximum absolute atomic E-state index is 6.18. The predicted molar refractivity (Wildman–Crippen MR) is 84.1 cm³/mol. The number of aryl methyl sites for hydroxylation is 2. The van der Waals surface area contributed by atoms with Crippen molar-refractivity contribution < 1.29 is 0 Å². The fourth-order valence-electron chi connectivity index (χ4n) is 2.09. The van der Waals surface area contributed by atoms with Crippen LogP contribution in [-0.4, -0.2) is 6.54 Å². The predicted octanol–water partition coefficient (Wildman–Crippen LogP) is 5.08. The summed E-state index contributed by atoms with van der Waals surface area (Å²) in [6.45, 7) is 3.02. The second-order valence-corrected chi connectivity index (χ2v) is 5.26. The SMILES string of the molecule is Cc1ccc(NCCCCc2ccccc2)c(Cl)c1. The third-order valence-electron chi connectivity index (χ3n) is 3.18. The molecule has 0 aliphatic heterocycles. The number of halogens is 1. The Morgan fingerprint density at radius 2 is 1.79 bits per heavy atom. The van der Waals surface area contributed by atoms with E-state index in [9.17, 15) is 0 Å². The third kappa shape index (κ3) is 4.60. The number of nitrogens with one attached hydrogen (secondary N) is 1. The number of anilines is 1. The second-order valence-electron chi connectivity index (χ2n) is 4.85. The molecule has 100 valence electrons. The molecule has 1 N–H and O–H groups in total. The monoisotopic (exact) mass is 273 g/mol. The molecule has 0 radical (unpaired) electrons. The Morgan fingerprint density at radius 3 is 2.53 bits per heavy atom. The van der Waals surface area contributed by atoms with Crippen molar-refractivity contribution in [1.82, 2.24) is 0 Å². The summed E-state index contributed by atoms with van der Waals surface area (Å²) in [6, 6.07) is 16.7. The molecule has 0 aliphatic rings. The van der Waals surface area contributed by atoms with Gasteiger partial charge in [-0.2, -0.15) is 0 Å². The molecular weight excluding hydrogens is 254 g/mol. The van der Waals surface area contributed by atoms with Crippen LogP contribution in [-0.2, 0) is 6.42 Å². The van der Waals surface area contributed by atoms with E-state index in [1.807, 2.05) is 6.07 Å². The Morgan fingerprint density at radius 1 is 1.00 bits per heavy atom. The van der Waals surface area contributed by atoms with Crippen LogP contribution in [0.3, 0.4) is 0 Å². The van der Waals surface area contributed by atoms with E-state index in [1.165, 1.54) is 17.5 Å². The molecule has 2 aromatic rings. The Bertz CT molecular complexity index is 508. The molecule has 2 aromatic carbocycles. The molecule has 0 atom stereocenters. The van der Waals surface area contributed by atoms with Gasteiger partial charge >= 0.3 is 0 Å². The van der Waals surface area contributed by atoms with E-state index in [-0.39, 0.29) is 0 Å². The summed E-state index contributed by atoms with van der Waals surface area (Å²) in [6.07, 6.45) is 3.49. The minimum Gasteiger partial charge on any atom is -0.384 e. The molecule has 0 aliphatic carbocycles. The fourth-order valence-corrected chi connectivity index (χ4v) is 2.39. The van der Waals surface area contributed by atoms with E-state index in [0.717, 1.165) is 30.1 Å². The Labute approximate surface area is 120 Å². The van der Waals surface area contributed by atoms with Gasteiger partial charge in [-0.05, 0) is 49.4 Å². The number of hydrogen-bond acceptors (Lipinski definition) is 1. The summed E-state index contributed by atoms with van der Waals surface area (Å²) in [5, 5.41) is 4.20. The highest BCUT2D eigenvalue weighted by Crippen LogP contribution is 2.22. The molecule has 0 unspecified atom stereocenters. The molecule has 0 fully saturated rings. The van der Waals surface area contributed by atoms with Gasteiger partial charge in [-0.3, -0.25) is 0 Å². The van der Waals surface area contributed by atoms with E-state index in [0.29, 0.717) is 0 Å². The lowest BCUT2D eigenvalue weighted by atomic mass is 10.1. The normalized spacial score (nSPS) is 10.4. The highest BCUT2D eigenvalue weighted by molar-refractivity contribution is 6.33. The van der Waals surface area contributed by atoms with Gasteiger partial charge in [0.15, 0.2) is 0 Å². The van der Waals surface area contributed by atoms with E-state index in [2.05, 4.69) is 54.7 Å². The van der Waals surface area contributed by atoms with Crippen molar-refractivity contribution in [2.75, 3.05) is 11.9 Å². The minimum absolute atomic E-state index is 0.808. The molecular formula is C17H20ClN. The van der Waals surface area contributed by atoms with Crippen molar-refractivity contribution in [2.45, 2.75) is 26.2 Å². The van der Waals surface area contributed by atoms with Crippen LogP contribution in [0.4, 0.5) is 5.69 Å². The van der Waals surface area contributed by atoms with Gasteiger partial charge in [-0.15, -0.1) is 0 Å². The summed E-state index contributed by atoms with van der Waals surface area (Å²) in [5.41, 5.74) is 3.64. The average molecular weight is 274 g/mol. The fraction of sp³-hybridized carbons (Fsp3) is 0.294. The van der Waals surface area contributed by atoms with Crippen molar-refractivity contribution in [3.63, 3.8) is 0 Å². The Kier molecular flexibility index (Phi) is 5.29. The number of rotatable bonds is 6. The van der Waals surface area contributed by atoms with Gasteiger partial charge in [-0.1, -0.05) is 48.0 Å². The number of unbranched alkanes of at least 4 members (excludes halogenated alkanes) is 1. The van der Waals surface area contributed by atoms with Crippen LogP contribution in [0.5, 0.6) is 0 Å². The largest absolute Gasteiger partial charge is 0.384 e. The number of benzene rings is 2. The summed E-state index contributed by atoms with van der Waals surface area (Å²) in [7, 11) is 0. The highest BCUT2D eigenvalue weighted by Gasteiger charge is 1.99. The average Bonchev–Trinajstić information content (AvgIpc) is 2.42. The lowest BCUT2D eigenvalue weighted by molar-refractivity contribution is 0.763. The summed E-state index contributed by atoms with van der Waals surface area (Å²) < 4.78 is 0. The zero-order valence-corrected chi connectivity index (χ0v) is 12.1. The summed E-state index contributed by atoms with van der Waals surface area (Å²) >= 11 is 6.18. The maximum atomic E-state index is 6.18. The van der Waals surface area contributed by atoms with Crippen molar-refractivity contribution in [1.29, 1.82) is 0 Å². The van der Waals surface area contributed by atoms with Crippen LogP contribution in [0, 0.1) is 6.92 Å². The lowest BCUT2D eigenvalue weighted by Gasteiger charge is -2.09. The van der Waals surface area contributed by atoms with E-state index >= 15 is 0 Å². The molecule has 19 heavy (non-hydrogen) atoms. The van der Waals surface area contributed by atoms with Crippen molar-refractivity contribution in [2.24, 2.45) is 0 Å². The van der Waals surface area contributed by atoms with Gasteiger partial charge in [0.2, 0.25) is 0 Å². The lowest BCUT2D eigenvalue weighted by Crippen LogP contribution is -2.02. The zero-order valence-electron chi connectivity index (χ0n) is 11.3. The van der Waals surface area contributed by atoms with E-state index in [1.54, 1.807) is 0 Å². The molecule has 0 spiro atoms. The summed E-state index contributed by atoms with van der Waals surface area (Å²) in [5.74, 6) is 0. The van der Waals surface area contributed by atoms with Crippen molar-refractivity contribution >= 4 is 17.3 Å². The van der Waals surface area contributed by atoms with Gasteiger partial charge in [-0.25, -0.2) is 0 Å². The van der Waals surface area contributed by atoms with Crippen LogP contribution in [0.1, 0.15) is 24.0 Å². The molecule has 0 saturated heterocycles.